The van der Waals surface area contributed by atoms with E-state index in [1.54, 1.807) is 0 Å². The molecule has 0 atom stereocenters. The molecular formula is C30H67N3OSi. The molecule has 0 N–H and O–H groups in total. The van der Waals surface area contributed by atoms with Crippen LogP contribution in [0.15, 0.2) is 0 Å². The smallest absolute Gasteiger partial charge is 0.192 e. The number of nitrogens with zero attached hydrogens (tertiary/aromatic N) is 3. The summed E-state index contributed by atoms with van der Waals surface area (Å²) in [5.74, 6) is 0. The number of rotatable bonds is 25. The zero-order valence-corrected chi connectivity index (χ0v) is 26.9. The lowest BCUT2D eigenvalue weighted by Gasteiger charge is -2.39. The van der Waals surface area contributed by atoms with Gasteiger partial charge in [-0.15, -0.1) is 0 Å². The molecule has 5 heteroatoms. The maximum absolute atomic E-state index is 6.57. The van der Waals surface area contributed by atoms with Crippen LogP contribution in [-0.2, 0) is 4.43 Å². The van der Waals surface area contributed by atoms with E-state index >= 15 is 0 Å². The van der Waals surface area contributed by atoms with Crippen LogP contribution in [0.5, 0.6) is 0 Å². The molecule has 0 aliphatic rings. The Kier molecular flexibility index (Phi) is 21.1. The molecule has 0 rings (SSSR count). The fraction of sp³-hybridized carbons (Fsp3) is 1.00. The van der Waals surface area contributed by atoms with Gasteiger partial charge in [-0.1, -0.05) is 55.4 Å². The quantitative estimate of drug-likeness (QED) is 0.116. The van der Waals surface area contributed by atoms with Crippen LogP contribution < -0.4 is 0 Å². The maximum Gasteiger partial charge on any atom is 0.192 e. The molecule has 0 aliphatic carbocycles. The minimum absolute atomic E-state index is 0.479. The lowest BCUT2D eigenvalue weighted by molar-refractivity contribution is 0.155. The second-order valence-electron chi connectivity index (χ2n) is 10.7. The highest BCUT2D eigenvalue weighted by molar-refractivity contribution is 6.73. The van der Waals surface area contributed by atoms with Gasteiger partial charge in [-0.25, -0.2) is 0 Å². The number of hydrogen-bond acceptors (Lipinski definition) is 4. The molecule has 0 aliphatic heterocycles. The minimum Gasteiger partial charge on any atom is -0.417 e. The normalized spacial score (nSPS) is 13.0. The predicted octanol–water partition coefficient (Wildman–Crippen LogP) is 7.75. The van der Waals surface area contributed by atoms with Crippen molar-refractivity contribution in [3.05, 3.63) is 0 Å². The van der Waals surface area contributed by atoms with Crippen molar-refractivity contribution in [2.75, 3.05) is 65.5 Å². The van der Waals surface area contributed by atoms with Gasteiger partial charge in [0.1, 0.15) is 0 Å². The van der Waals surface area contributed by atoms with Gasteiger partial charge in [0.05, 0.1) is 0 Å². The van der Waals surface area contributed by atoms with Crippen LogP contribution in [0.4, 0.5) is 0 Å². The summed E-state index contributed by atoms with van der Waals surface area (Å²) in [7, 11) is -1.61. The molecular weight excluding hydrogens is 446 g/mol. The van der Waals surface area contributed by atoms with Crippen molar-refractivity contribution in [1.82, 2.24) is 14.7 Å². The first-order valence-corrected chi connectivity index (χ1v) is 18.2. The monoisotopic (exact) mass is 514 g/mol. The second kappa shape index (κ2) is 21.0. The summed E-state index contributed by atoms with van der Waals surface area (Å²) in [4.78, 5) is 7.86. The molecule has 0 fully saturated rings. The third kappa shape index (κ3) is 14.0. The summed E-state index contributed by atoms with van der Waals surface area (Å²) in [5, 5.41) is 0. The molecule has 212 valence electrons. The van der Waals surface area contributed by atoms with Crippen molar-refractivity contribution in [3.63, 3.8) is 0 Å². The molecule has 0 bridgehead atoms. The average molecular weight is 514 g/mol. The van der Waals surface area contributed by atoms with E-state index in [0.29, 0.717) is 5.41 Å². The Balaban J connectivity index is 5.70. The fourth-order valence-electron chi connectivity index (χ4n) is 6.08. The Morgan fingerprint density at radius 2 is 0.857 bits per heavy atom. The topological polar surface area (TPSA) is 19.0 Å². The molecule has 0 aromatic carbocycles. The van der Waals surface area contributed by atoms with Gasteiger partial charge in [-0.05, 0) is 134 Å². The van der Waals surface area contributed by atoms with Crippen LogP contribution in [-0.4, -0.2) is 88.5 Å². The highest BCUT2D eigenvalue weighted by atomic mass is 28.4. The van der Waals surface area contributed by atoms with Crippen LogP contribution in [0.3, 0.4) is 0 Å². The molecule has 0 saturated carbocycles. The van der Waals surface area contributed by atoms with Crippen molar-refractivity contribution >= 4 is 8.32 Å². The van der Waals surface area contributed by atoms with E-state index < -0.39 is 8.32 Å². The molecule has 35 heavy (non-hydrogen) atoms. The largest absolute Gasteiger partial charge is 0.417 e. The van der Waals surface area contributed by atoms with Gasteiger partial charge in [0.2, 0.25) is 0 Å². The highest BCUT2D eigenvalue weighted by Gasteiger charge is 2.36. The van der Waals surface area contributed by atoms with Crippen molar-refractivity contribution in [3.8, 4) is 0 Å². The molecule has 0 aromatic heterocycles. The van der Waals surface area contributed by atoms with Crippen molar-refractivity contribution in [1.29, 1.82) is 0 Å². The Morgan fingerprint density at radius 3 is 1.11 bits per heavy atom. The van der Waals surface area contributed by atoms with Crippen molar-refractivity contribution < 1.29 is 4.43 Å². The van der Waals surface area contributed by atoms with Crippen LogP contribution in [0.1, 0.15) is 107 Å². The summed E-state index contributed by atoms with van der Waals surface area (Å²) < 4.78 is 6.57. The predicted molar refractivity (Wildman–Crippen MR) is 161 cm³/mol. The van der Waals surface area contributed by atoms with E-state index in [-0.39, 0.29) is 0 Å². The van der Waals surface area contributed by atoms with Crippen LogP contribution in [0.25, 0.3) is 0 Å². The van der Waals surface area contributed by atoms with E-state index in [9.17, 15) is 0 Å². The molecule has 0 heterocycles. The Morgan fingerprint density at radius 1 is 0.514 bits per heavy atom. The first kappa shape index (κ1) is 35.1. The Labute approximate surface area is 223 Å². The number of hydrogen-bond donors (Lipinski definition) is 0. The van der Waals surface area contributed by atoms with Gasteiger partial charge in [0.25, 0.3) is 0 Å². The third-order valence-electron chi connectivity index (χ3n) is 9.08. The lowest BCUT2D eigenvalue weighted by Crippen LogP contribution is -2.39. The molecule has 0 unspecified atom stereocenters. The Bertz CT molecular complexity index is 415. The standard InChI is InChI=1S/C30H67N3OSi/c1-10-31(11-2)26-19-22-30(23-20-27-32(12-3)13-4,24-21-28-33(14-5)15-6)25-29-35(17-8,18-9)34-16-7/h10-29H2,1-9H3. The third-order valence-corrected chi connectivity index (χ3v) is 13.7. The zero-order chi connectivity index (χ0) is 26.6. The lowest BCUT2D eigenvalue weighted by atomic mass is 9.73. The SMILES string of the molecule is CCO[Si](CC)(CC)CCC(CCCN(CC)CC)(CCCN(CC)CC)CCCN(CC)CC. The summed E-state index contributed by atoms with van der Waals surface area (Å²) in [6.07, 6.45) is 9.60. The summed E-state index contributed by atoms with van der Waals surface area (Å²) in [6, 6.07) is 3.90. The molecule has 0 amide bonds. The molecule has 4 nitrogen and oxygen atoms in total. The van der Waals surface area contributed by atoms with Gasteiger partial charge in [-0.3, -0.25) is 0 Å². The minimum atomic E-state index is -1.61. The Hall–Kier alpha value is 0.0569. The fourth-order valence-corrected chi connectivity index (χ4v) is 9.44. The van der Waals surface area contributed by atoms with Gasteiger partial charge >= 0.3 is 0 Å². The maximum atomic E-state index is 6.57. The molecule has 0 spiro atoms. The van der Waals surface area contributed by atoms with E-state index in [1.807, 2.05) is 0 Å². The van der Waals surface area contributed by atoms with Crippen molar-refractivity contribution in [2.24, 2.45) is 5.41 Å². The van der Waals surface area contributed by atoms with Gasteiger partial charge < -0.3 is 19.1 Å². The van der Waals surface area contributed by atoms with E-state index in [0.717, 1.165) is 6.61 Å². The first-order chi connectivity index (χ1) is 16.9. The van der Waals surface area contributed by atoms with Gasteiger partial charge in [0, 0.05) is 6.61 Å². The second-order valence-corrected chi connectivity index (χ2v) is 15.3. The van der Waals surface area contributed by atoms with E-state index in [4.69, 9.17) is 4.43 Å². The summed E-state index contributed by atoms with van der Waals surface area (Å²) in [6.45, 7) is 32.6. The van der Waals surface area contributed by atoms with E-state index in [2.05, 4.69) is 77.0 Å². The molecule has 0 aromatic rings. The first-order valence-electron chi connectivity index (χ1n) is 15.7. The van der Waals surface area contributed by atoms with Gasteiger partial charge in [-0.2, -0.15) is 0 Å². The van der Waals surface area contributed by atoms with Crippen LogP contribution >= 0.6 is 0 Å². The molecule has 0 radical (unpaired) electrons. The van der Waals surface area contributed by atoms with Crippen LogP contribution in [0, 0.1) is 5.41 Å². The van der Waals surface area contributed by atoms with Crippen LogP contribution in [0.2, 0.25) is 18.1 Å². The summed E-state index contributed by atoms with van der Waals surface area (Å²) in [5.41, 5.74) is 0.479. The average Bonchev–Trinajstić information content (AvgIpc) is 2.89. The van der Waals surface area contributed by atoms with Crippen molar-refractivity contribution in [2.45, 2.75) is 125 Å². The molecule has 0 saturated heterocycles. The van der Waals surface area contributed by atoms with E-state index in [1.165, 1.54) is 122 Å². The summed E-state index contributed by atoms with van der Waals surface area (Å²) >= 11 is 0. The highest BCUT2D eigenvalue weighted by Crippen LogP contribution is 2.43. The zero-order valence-electron chi connectivity index (χ0n) is 25.9. The van der Waals surface area contributed by atoms with Gasteiger partial charge in [0.15, 0.2) is 8.32 Å².